The Kier molecular flexibility index (Phi) is 4.39. The van der Waals surface area contributed by atoms with Crippen molar-refractivity contribution >= 4 is 23.4 Å². The Balaban J connectivity index is 2.66. The van der Waals surface area contributed by atoms with Gasteiger partial charge in [0.2, 0.25) is 5.88 Å². The lowest BCUT2D eigenvalue weighted by atomic mass is 10.5. The number of aromatic nitrogens is 1. The summed E-state index contributed by atoms with van der Waals surface area (Å²) in [5, 5.41) is 1.33. The van der Waals surface area contributed by atoms with Crippen LogP contribution in [0.3, 0.4) is 0 Å². The Morgan fingerprint density at radius 2 is 2.38 bits per heavy atom. The molecule has 1 unspecified atom stereocenters. The number of nitrogens with zero attached hydrogens (tertiary/aromatic N) is 1. The van der Waals surface area contributed by atoms with Gasteiger partial charge in [-0.3, -0.25) is 0 Å². The summed E-state index contributed by atoms with van der Waals surface area (Å²) in [4.78, 5) is 4.26. The molecule has 4 heteroatoms. The fraction of sp³-hybridized carbons (Fsp3) is 0.444. The van der Waals surface area contributed by atoms with Gasteiger partial charge in [0.05, 0.1) is 7.11 Å². The van der Waals surface area contributed by atoms with Crippen LogP contribution in [-0.4, -0.2) is 23.2 Å². The maximum atomic E-state index is 5.70. The van der Waals surface area contributed by atoms with Crippen LogP contribution in [0.25, 0.3) is 0 Å². The standard InChI is InChI=1S/C9H12ClNOS/c1-7(6-10)13-9-5-3-4-8(11-9)12-2/h3-5,7H,6H2,1-2H3. The van der Waals surface area contributed by atoms with Gasteiger partial charge >= 0.3 is 0 Å². The van der Waals surface area contributed by atoms with Gasteiger partial charge in [0, 0.05) is 17.2 Å². The van der Waals surface area contributed by atoms with Crippen LogP contribution in [0.5, 0.6) is 5.88 Å². The molecule has 0 aromatic carbocycles. The second-order valence-electron chi connectivity index (χ2n) is 2.60. The van der Waals surface area contributed by atoms with E-state index in [0.717, 1.165) is 5.03 Å². The molecule has 0 bridgehead atoms. The average Bonchev–Trinajstić information content (AvgIpc) is 2.18. The number of ether oxygens (including phenoxy) is 1. The van der Waals surface area contributed by atoms with Crippen LogP contribution >= 0.6 is 23.4 Å². The molecule has 1 aromatic heterocycles. The van der Waals surface area contributed by atoms with Gasteiger partial charge in [-0.25, -0.2) is 4.98 Å². The van der Waals surface area contributed by atoms with Gasteiger partial charge in [-0.2, -0.15) is 0 Å². The van der Waals surface area contributed by atoms with E-state index in [1.807, 2.05) is 18.2 Å². The largest absolute Gasteiger partial charge is 0.481 e. The summed E-state index contributed by atoms with van der Waals surface area (Å²) in [5.41, 5.74) is 0. The smallest absolute Gasteiger partial charge is 0.213 e. The van der Waals surface area contributed by atoms with Crippen LogP contribution in [0.1, 0.15) is 6.92 Å². The Hall–Kier alpha value is -0.410. The van der Waals surface area contributed by atoms with Crippen LogP contribution < -0.4 is 4.74 Å². The Labute approximate surface area is 87.7 Å². The fourth-order valence-corrected chi connectivity index (χ4v) is 1.78. The molecule has 0 aliphatic rings. The van der Waals surface area contributed by atoms with Crippen molar-refractivity contribution in [3.05, 3.63) is 18.2 Å². The van der Waals surface area contributed by atoms with Gasteiger partial charge in [-0.15, -0.1) is 23.4 Å². The van der Waals surface area contributed by atoms with Crippen LogP contribution in [0.4, 0.5) is 0 Å². The topological polar surface area (TPSA) is 22.1 Å². The second-order valence-corrected chi connectivity index (χ2v) is 4.37. The molecule has 0 amide bonds. The molecule has 0 fully saturated rings. The third kappa shape index (κ3) is 3.44. The summed E-state index contributed by atoms with van der Waals surface area (Å²) in [6.07, 6.45) is 0. The van der Waals surface area contributed by atoms with Gasteiger partial charge in [-0.1, -0.05) is 13.0 Å². The van der Waals surface area contributed by atoms with Crippen molar-refractivity contribution in [3.63, 3.8) is 0 Å². The van der Waals surface area contributed by atoms with Gasteiger partial charge in [0.1, 0.15) is 5.03 Å². The molecule has 0 radical (unpaired) electrons. The summed E-state index contributed by atoms with van der Waals surface area (Å²) >= 11 is 7.35. The first-order chi connectivity index (χ1) is 6.26. The minimum atomic E-state index is 0.376. The summed E-state index contributed by atoms with van der Waals surface area (Å²) in [5.74, 6) is 1.27. The van der Waals surface area contributed by atoms with Crippen LogP contribution in [-0.2, 0) is 0 Å². The lowest BCUT2D eigenvalue weighted by molar-refractivity contribution is 0.394. The van der Waals surface area contributed by atoms with Crippen molar-refractivity contribution in [2.75, 3.05) is 13.0 Å². The number of halogens is 1. The van der Waals surface area contributed by atoms with Gasteiger partial charge < -0.3 is 4.74 Å². The van der Waals surface area contributed by atoms with E-state index >= 15 is 0 Å². The van der Waals surface area contributed by atoms with E-state index in [2.05, 4.69) is 11.9 Å². The number of pyridine rings is 1. The summed E-state index contributed by atoms with van der Waals surface area (Å²) < 4.78 is 5.01. The number of alkyl halides is 1. The highest BCUT2D eigenvalue weighted by atomic mass is 35.5. The van der Waals surface area contributed by atoms with Crippen LogP contribution in [0.2, 0.25) is 0 Å². The number of methoxy groups -OCH3 is 1. The van der Waals surface area contributed by atoms with Gasteiger partial charge in [0.15, 0.2) is 0 Å². The highest BCUT2D eigenvalue weighted by Crippen LogP contribution is 2.23. The number of hydrogen-bond acceptors (Lipinski definition) is 3. The first-order valence-corrected chi connectivity index (χ1v) is 5.41. The zero-order valence-corrected chi connectivity index (χ0v) is 9.23. The summed E-state index contributed by atoms with van der Waals surface area (Å²) in [6.45, 7) is 2.07. The molecule has 72 valence electrons. The van der Waals surface area contributed by atoms with E-state index in [4.69, 9.17) is 16.3 Å². The fourth-order valence-electron chi connectivity index (χ4n) is 0.813. The molecule has 0 spiro atoms. The van der Waals surface area contributed by atoms with E-state index < -0.39 is 0 Å². The van der Waals surface area contributed by atoms with Crippen molar-refractivity contribution in [3.8, 4) is 5.88 Å². The third-order valence-electron chi connectivity index (χ3n) is 1.45. The molecule has 0 aliphatic heterocycles. The van der Waals surface area contributed by atoms with Crippen LogP contribution in [0.15, 0.2) is 23.2 Å². The predicted molar refractivity (Wildman–Crippen MR) is 56.8 cm³/mol. The molecule has 0 saturated carbocycles. The van der Waals surface area contributed by atoms with Gasteiger partial charge in [0.25, 0.3) is 0 Å². The zero-order chi connectivity index (χ0) is 9.68. The SMILES string of the molecule is COc1cccc(SC(C)CCl)n1. The molecule has 0 N–H and O–H groups in total. The van der Waals surface area contributed by atoms with E-state index in [9.17, 15) is 0 Å². The highest BCUT2D eigenvalue weighted by molar-refractivity contribution is 7.99. The van der Waals surface area contributed by atoms with E-state index in [0.29, 0.717) is 17.0 Å². The number of thioether (sulfide) groups is 1. The molecular weight excluding hydrogens is 206 g/mol. The lowest BCUT2D eigenvalue weighted by Gasteiger charge is -2.06. The molecule has 1 aromatic rings. The van der Waals surface area contributed by atoms with Crippen molar-refractivity contribution in [2.45, 2.75) is 17.2 Å². The van der Waals surface area contributed by atoms with Crippen molar-refractivity contribution < 1.29 is 4.74 Å². The van der Waals surface area contributed by atoms with E-state index in [1.165, 1.54) is 0 Å². The molecule has 1 heterocycles. The first kappa shape index (κ1) is 10.7. The van der Waals surface area contributed by atoms with Crippen molar-refractivity contribution in [2.24, 2.45) is 0 Å². The molecule has 2 nitrogen and oxygen atoms in total. The molecule has 0 saturated heterocycles. The number of rotatable bonds is 4. The average molecular weight is 218 g/mol. The summed E-state index contributed by atoms with van der Waals surface area (Å²) in [6, 6.07) is 5.71. The van der Waals surface area contributed by atoms with Crippen LogP contribution in [0, 0.1) is 0 Å². The second kappa shape index (κ2) is 5.35. The normalized spacial score (nSPS) is 12.5. The molecule has 1 rings (SSSR count). The van der Waals surface area contributed by atoms with Crippen molar-refractivity contribution in [1.29, 1.82) is 0 Å². The van der Waals surface area contributed by atoms with Gasteiger partial charge in [-0.05, 0) is 6.07 Å². The van der Waals surface area contributed by atoms with E-state index in [-0.39, 0.29) is 0 Å². The molecule has 1 atom stereocenters. The Bertz CT molecular complexity index is 270. The Morgan fingerprint density at radius 3 is 3.00 bits per heavy atom. The van der Waals surface area contributed by atoms with Crippen molar-refractivity contribution in [1.82, 2.24) is 4.98 Å². The molecule has 13 heavy (non-hydrogen) atoms. The Morgan fingerprint density at radius 1 is 1.62 bits per heavy atom. The minimum absolute atomic E-state index is 0.376. The maximum Gasteiger partial charge on any atom is 0.213 e. The quantitative estimate of drug-likeness (QED) is 0.572. The monoisotopic (exact) mass is 217 g/mol. The molecule has 0 aliphatic carbocycles. The third-order valence-corrected chi connectivity index (χ3v) is 3.13. The minimum Gasteiger partial charge on any atom is -0.481 e. The highest BCUT2D eigenvalue weighted by Gasteiger charge is 2.04. The molecular formula is C9H12ClNOS. The summed E-state index contributed by atoms with van der Waals surface area (Å²) in [7, 11) is 1.61. The maximum absolute atomic E-state index is 5.70. The predicted octanol–water partition coefficient (Wildman–Crippen LogP) is 2.81. The zero-order valence-electron chi connectivity index (χ0n) is 7.66. The number of hydrogen-bond donors (Lipinski definition) is 0. The lowest BCUT2D eigenvalue weighted by Crippen LogP contribution is -1.98. The first-order valence-electron chi connectivity index (χ1n) is 4.00. The van der Waals surface area contributed by atoms with E-state index in [1.54, 1.807) is 18.9 Å².